The summed E-state index contributed by atoms with van der Waals surface area (Å²) >= 11 is 0. The van der Waals surface area contributed by atoms with Crippen LogP contribution in [0.1, 0.15) is 36.5 Å². The minimum Gasteiger partial charge on any atom is -0.479 e. The van der Waals surface area contributed by atoms with E-state index in [1.54, 1.807) is 42.2 Å². The minimum absolute atomic E-state index is 0.163. The molecular weight excluding hydrogens is 347 g/mol. The quantitative estimate of drug-likeness (QED) is 0.860. The molecular formula is C21H19FN2O3. The van der Waals surface area contributed by atoms with E-state index in [9.17, 15) is 19.6 Å². The molecule has 138 valence electrons. The van der Waals surface area contributed by atoms with Gasteiger partial charge in [0, 0.05) is 11.6 Å². The highest BCUT2D eigenvalue weighted by atomic mass is 19.1. The van der Waals surface area contributed by atoms with Gasteiger partial charge in [-0.25, -0.2) is 9.18 Å². The number of ether oxygens (including phenoxy) is 1. The molecule has 1 aliphatic heterocycles. The van der Waals surface area contributed by atoms with Crippen molar-refractivity contribution in [3.05, 3.63) is 76.4 Å². The third kappa shape index (κ3) is 3.49. The minimum atomic E-state index is -1.05. The zero-order valence-corrected chi connectivity index (χ0v) is 15.1. The number of benzene rings is 2. The lowest BCUT2D eigenvalue weighted by atomic mass is 9.87. The van der Waals surface area contributed by atoms with Gasteiger partial charge in [-0.2, -0.15) is 5.26 Å². The van der Waals surface area contributed by atoms with E-state index in [0.717, 1.165) is 16.8 Å². The van der Waals surface area contributed by atoms with Gasteiger partial charge in [0.15, 0.2) is 0 Å². The Morgan fingerprint density at radius 2 is 2.00 bits per heavy atom. The summed E-state index contributed by atoms with van der Waals surface area (Å²) in [6, 6.07) is 13.3. The van der Waals surface area contributed by atoms with Crippen molar-refractivity contribution in [2.45, 2.75) is 26.3 Å². The zero-order valence-electron chi connectivity index (χ0n) is 15.1. The molecule has 0 radical (unpaired) electrons. The molecule has 0 amide bonds. The number of aliphatic carboxylic acids is 1. The van der Waals surface area contributed by atoms with Gasteiger partial charge in [-0.3, -0.25) is 0 Å². The van der Waals surface area contributed by atoms with E-state index >= 15 is 0 Å². The number of fused-ring (bicyclic) bond motifs is 1. The molecule has 1 unspecified atom stereocenters. The molecule has 5 nitrogen and oxygen atoms in total. The first-order valence-corrected chi connectivity index (χ1v) is 8.62. The Kier molecular flexibility index (Phi) is 5.13. The molecule has 0 bridgehead atoms. The number of anilines is 1. The van der Waals surface area contributed by atoms with Gasteiger partial charge in [0.05, 0.1) is 24.8 Å². The molecule has 1 heterocycles. The molecule has 1 atom stereocenters. The largest absolute Gasteiger partial charge is 0.479 e. The van der Waals surface area contributed by atoms with Gasteiger partial charge < -0.3 is 14.7 Å². The Morgan fingerprint density at radius 1 is 1.30 bits per heavy atom. The fraction of sp³-hybridized carbons (Fsp3) is 0.238. The van der Waals surface area contributed by atoms with Gasteiger partial charge in [0.1, 0.15) is 11.4 Å². The third-order valence-electron chi connectivity index (χ3n) is 4.59. The summed E-state index contributed by atoms with van der Waals surface area (Å²) in [5.41, 5.74) is 2.95. The molecule has 6 heteroatoms. The van der Waals surface area contributed by atoms with Gasteiger partial charge in [-0.15, -0.1) is 0 Å². The Bertz CT molecular complexity index is 945. The summed E-state index contributed by atoms with van der Waals surface area (Å²) in [5.74, 6) is -1.53. The molecule has 27 heavy (non-hydrogen) atoms. The van der Waals surface area contributed by atoms with Crippen molar-refractivity contribution in [2.24, 2.45) is 0 Å². The first-order valence-electron chi connectivity index (χ1n) is 8.62. The zero-order chi connectivity index (χ0) is 19.6. The van der Waals surface area contributed by atoms with E-state index in [-0.39, 0.29) is 17.3 Å². The van der Waals surface area contributed by atoms with E-state index in [1.165, 1.54) is 12.1 Å². The number of halogens is 1. The molecule has 0 saturated carbocycles. The van der Waals surface area contributed by atoms with Crippen LogP contribution in [0.15, 0.2) is 53.9 Å². The summed E-state index contributed by atoms with van der Waals surface area (Å²) in [6.45, 7) is 4.18. The number of carboxylic acids is 1. The number of hydrogen-bond donors (Lipinski definition) is 1. The second kappa shape index (κ2) is 7.50. The summed E-state index contributed by atoms with van der Waals surface area (Å²) in [6.07, 6.45) is 0. The summed E-state index contributed by atoms with van der Waals surface area (Å²) in [5, 5.41) is 19.1. The normalized spacial score (nSPS) is 15.9. The first-order chi connectivity index (χ1) is 13.0. The molecule has 0 saturated heterocycles. The summed E-state index contributed by atoms with van der Waals surface area (Å²) in [7, 11) is 0. The Balaban J connectivity index is 2.18. The van der Waals surface area contributed by atoms with Crippen LogP contribution in [0.25, 0.3) is 0 Å². The van der Waals surface area contributed by atoms with Crippen LogP contribution in [0.3, 0.4) is 0 Å². The number of nitrogens with zero attached hydrogens (tertiary/aromatic N) is 2. The lowest BCUT2D eigenvalue weighted by molar-refractivity contribution is -0.133. The van der Waals surface area contributed by atoms with Crippen molar-refractivity contribution < 1.29 is 19.0 Å². The molecule has 0 fully saturated rings. The van der Waals surface area contributed by atoms with Crippen molar-refractivity contribution >= 4 is 11.7 Å². The van der Waals surface area contributed by atoms with Gasteiger partial charge >= 0.3 is 5.97 Å². The van der Waals surface area contributed by atoms with Gasteiger partial charge in [-0.05, 0) is 42.3 Å². The fourth-order valence-electron chi connectivity index (χ4n) is 3.31. The topological polar surface area (TPSA) is 73.6 Å². The van der Waals surface area contributed by atoms with Crippen molar-refractivity contribution in [1.82, 2.24) is 0 Å². The third-order valence-corrected chi connectivity index (χ3v) is 4.59. The van der Waals surface area contributed by atoms with Crippen LogP contribution in [0.5, 0.6) is 0 Å². The first kappa shape index (κ1) is 18.5. The smallest absolute Gasteiger partial charge is 0.337 e. The number of carbonyl (C=O) groups is 1. The molecule has 0 spiro atoms. The second-order valence-corrected chi connectivity index (χ2v) is 6.28. The summed E-state index contributed by atoms with van der Waals surface area (Å²) < 4.78 is 19.0. The van der Waals surface area contributed by atoms with Crippen LogP contribution in [0.2, 0.25) is 0 Å². The average Bonchev–Trinajstić information content (AvgIpc) is 2.66. The number of rotatable bonds is 5. The van der Waals surface area contributed by atoms with E-state index < -0.39 is 11.9 Å². The van der Waals surface area contributed by atoms with E-state index in [1.807, 2.05) is 6.92 Å². The highest BCUT2D eigenvalue weighted by molar-refractivity contribution is 5.92. The molecule has 2 aromatic rings. The maximum absolute atomic E-state index is 13.3. The number of carboxylic acid groups (broad SMARTS) is 1. The maximum atomic E-state index is 13.3. The average molecular weight is 366 g/mol. The highest BCUT2D eigenvalue weighted by Gasteiger charge is 2.35. The molecule has 2 aromatic carbocycles. The van der Waals surface area contributed by atoms with Crippen molar-refractivity contribution in [1.29, 1.82) is 5.26 Å². The number of nitriles is 1. The van der Waals surface area contributed by atoms with Gasteiger partial charge in [0.2, 0.25) is 5.88 Å². The molecule has 0 aromatic heterocycles. The van der Waals surface area contributed by atoms with E-state index in [0.29, 0.717) is 18.7 Å². The SMILES string of the molecule is CCOC1=C(C(=O)O)C(C)c2ccc(C#N)cc2N1Cc1ccc(F)cc1. The summed E-state index contributed by atoms with van der Waals surface area (Å²) in [4.78, 5) is 13.7. The molecule has 1 aliphatic rings. The Hall–Kier alpha value is -3.33. The Morgan fingerprint density at radius 3 is 2.59 bits per heavy atom. The molecule has 1 N–H and O–H groups in total. The maximum Gasteiger partial charge on any atom is 0.337 e. The van der Waals surface area contributed by atoms with Crippen LogP contribution in [0.4, 0.5) is 10.1 Å². The monoisotopic (exact) mass is 366 g/mol. The lowest BCUT2D eigenvalue weighted by Gasteiger charge is -2.36. The van der Waals surface area contributed by atoms with Crippen LogP contribution in [0, 0.1) is 17.1 Å². The van der Waals surface area contributed by atoms with Gasteiger partial charge in [0.25, 0.3) is 0 Å². The predicted molar refractivity (Wildman–Crippen MR) is 98.4 cm³/mol. The van der Waals surface area contributed by atoms with Gasteiger partial charge in [-0.1, -0.05) is 25.1 Å². The highest BCUT2D eigenvalue weighted by Crippen LogP contribution is 2.42. The van der Waals surface area contributed by atoms with E-state index in [2.05, 4.69) is 6.07 Å². The second-order valence-electron chi connectivity index (χ2n) is 6.28. The van der Waals surface area contributed by atoms with Crippen molar-refractivity contribution in [2.75, 3.05) is 11.5 Å². The van der Waals surface area contributed by atoms with Crippen LogP contribution >= 0.6 is 0 Å². The van der Waals surface area contributed by atoms with E-state index in [4.69, 9.17) is 4.74 Å². The van der Waals surface area contributed by atoms with Crippen molar-refractivity contribution in [3.8, 4) is 6.07 Å². The lowest BCUT2D eigenvalue weighted by Crippen LogP contribution is -2.33. The van der Waals surface area contributed by atoms with Crippen LogP contribution < -0.4 is 4.90 Å². The fourth-order valence-corrected chi connectivity index (χ4v) is 3.31. The standard InChI is InChI=1S/C21H19FN2O3/c1-3-27-20-19(21(25)26)13(2)17-9-6-15(11-23)10-18(17)24(20)12-14-4-7-16(22)8-5-14/h4-10,13H,3,12H2,1-2H3,(H,25,26). The molecule has 3 rings (SSSR count). The van der Waals surface area contributed by atoms with Crippen molar-refractivity contribution in [3.63, 3.8) is 0 Å². The predicted octanol–water partition coefficient (Wildman–Crippen LogP) is 4.15. The van der Waals surface area contributed by atoms with Crippen LogP contribution in [-0.4, -0.2) is 17.7 Å². The Labute approximate surface area is 156 Å². The van der Waals surface area contributed by atoms with Crippen LogP contribution in [-0.2, 0) is 16.1 Å². The molecule has 0 aliphatic carbocycles. The number of hydrogen-bond acceptors (Lipinski definition) is 4.